The minimum absolute atomic E-state index is 0.0959. The fourth-order valence-electron chi connectivity index (χ4n) is 6.59. The maximum atomic E-state index is 13.6. The summed E-state index contributed by atoms with van der Waals surface area (Å²) in [6.07, 6.45) is 7.72. The van der Waals surface area contributed by atoms with Gasteiger partial charge in [-0.25, -0.2) is 0 Å². The zero-order chi connectivity index (χ0) is 19.5. The lowest BCUT2D eigenvalue weighted by atomic mass is 9.49. The summed E-state index contributed by atoms with van der Waals surface area (Å²) >= 11 is 0. The second-order valence-corrected chi connectivity index (χ2v) is 11.6. The van der Waals surface area contributed by atoms with Crippen LogP contribution in [0.5, 0.6) is 0 Å². The van der Waals surface area contributed by atoms with Crippen LogP contribution < -0.4 is 0 Å². The number of ether oxygens (including phenoxy) is 1. The number of hydrogen-bond acceptors (Lipinski definition) is 3. The summed E-state index contributed by atoms with van der Waals surface area (Å²) in [6.45, 7) is 14.1. The molecule has 3 nitrogen and oxygen atoms in total. The van der Waals surface area contributed by atoms with E-state index in [1.165, 1.54) is 32.1 Å². The third-order valence-corrected chi connectivity index (χ3v) is 8.25. The van der Waals surface area contributed by atoms with Gasteiger partial charge in [0.2, 0.25) is 0 Å². The molecule has 3 heteroatoms. The molecule has 4 aliphatic carbocycles. The summed E-state index contributed by atoms with van der Waals surface area (Å²) in [5.41, 5.74) is -2.14. The first kappa shape index (κ1) is 20.2. The quantitative estimate of drug-likeness (QED) is 0.669. The Balaban J connectivity index is 1.88. The summed E-state index contributed by atoms with van der Waals surface area (Å²) < 4.78 is 6.55. The van der Waals surface area contributed by atoms with Crippen molar-refractivity contribution in [2.24, 2.45) is 34.5 Å². The minimum Gasteiger partial charge on any atom is -0.458 e. The number of carbonyl (C=O) groups is 1. The van der Waals surface area contributed by atoms with Gasteiger partial charge in [-0.15, -0.1) is 0 Å². The Kier molecular flexibility index (Phi) is 4.83. The van der Waals surface area contributed by atoms with E-state index in [1.807, 2.05) is 6.92 Å². The normalized spacial score (nSPS) is 38.9. The molecule has 1 N–H and O–H groups in total. The van der Waals surface area contributed by atoms with E-state index in [1.54, 1.807) is 13.8 Å². The van der Waals surface area contributed by atoms with Crippen molar-refractivity contribution < 1.29 is 14.6 Å². The van der Waals surface area contributed by atoms with Crippen LogP contribution in [-0.2, 0) is 9.53 Å². The van der Waals surface area contributed by atoms with E-state index < -0.39 is 11.0 Å². The molecule has 0 spiro atoms. The topological polar surface area (TPSA) is 46.5 Å². The van der Waals surface area contributed by atoms with Gasteiger partial charge in [0, 0.05) is 0 Å². The first-order valence-electron chi connectivity index (χ1n) is 10.8. The van der Waals surface area contributed by atoms with Gasteiger partial charge in [0.05, 0.1) is 11.0 Å². The molecule has 4 aliphatic rings. The van der Waals surface area contributed by atoms with Crippen LogP contribution in [0.1, 0.15) is 93.4 Å². The monoisotopic (exact) mass is 364 g/mol. The van der Waals surface area contributed by atoms with Gasteiger partial charge in [0.15, 0.2) is 0 Å². The van der Waals surface area contributed by atoms with Crippen LogP contribution in [0.15, 0.2) is 0 Å². The van der Waals surface area contributed by atoms with Gasteiger partial charge < -0.3 is 9.84 Å². The largest absolute Gasteiger partial charge is 0.458 e. The highest BCUT2D eigenvalue weighted by atomic mass is 16.6. The molecule has 4 rings (SSSR count). The Labute approximate surface area is 160 Å². The molecule has 0 saturated heterocycles. The Hall–Kier alpha value is -0.570. The first-order chi connectivity index (χ1) is 11.8. The molecule has 4 saturated carbocycles. The van der Waals surface area contributed by atoms with Crippen molar-refractivity contribution in [3.63, 3.8) is 0 Å². The second kappa shape index (κ2) is 6.22. The maximum Gasteiger partial charge on any atom is 0.313 e. The predicted octanol–water partition coefficient (Wildman–Crippen LogP) is 5.35. The summed E-state index contributed by atoms with van der Waals surface area (Å²) in [6, 6.07) is 0. The Bertz CT molecular complexity index is 523. The Morgan fingerprint density at radius 3 is 1.77 bits per heavy atom. The average Bonchev–Trinajstić information content (AvgIpc) is 2.47. The average molecular weight is 365 g/mol. The van der Waals surface area contributed by atoms with E-state index in [0.29, 0.717) is 18.3 Å². The van der Waals surface area contributed by atoms with Crippen molar-refractivity contribution in [1.82, 2.24) is 0 Å². The fraction of sp³-hybridized carbons (Fsp3) is 0.957. The van der Waals surface area contributed by atoms with Crippen LogP contribution in [0.25, 0.3) is 0 Å². The molecule has 1 unspecified atom stereocenters. The van der Waals surface area contributed by atoms with Crippen LogP contribution in [-0.4, -0.2) is 22.3 Å². The molecule has 0 amide bonds. The summed E-state index contributed by atoms with van der Waals surface area (Å²) in [7, 11) is 0. The highest BCUT2D eigenvalue weighted by molar-refractivity contribution is 5.78. The third-order valence-electron chi connectivity index (χ3n) is 8.25. The third kappa shape index (κ3) is 3.23. The van der Waals surface area contributed by atoms with E-state index in [9.17, 15) is 9.90 Å². The van der Waals surface area contributed by atoms with Crippen molar-refractivity contribution in [3.05, 3.63) is 0 Å². The van der Waals surface area contributed by atoms with Gasteiger partial charge in [0.25, 0.3) is 0 Å². The molecule has 0 aromatic carbocycles. The van der Waals surface area contributed by atoms with Gasteiger partial charge >= 0.3 is 5.97 Å². The van der Waals surface area contributed by atoms with Crippen LogP contribution in [0.4, 0.5) is 0 Å². The Morgan fingerprint density at radius 1 is 0.962 bits per heavy atom. The predicted molar refractivity (Wildman–Crippen MR) is 105 cm³/mol. The number of carbonyl (C=O) groups excluding carboxylic acids is 1. The number of aliphatic hydroxyl groups is 1. The molecular formula is C23H40O3. The summed E-state index contributed by atoms with van der Waals surface area (Å²) in [5.74, 6) is 2.71. The lowest BCUT2D eigenvalue weighted by Gasteiger charge is -2.61. The van der Waals surface area contributed by atoms with E-state index >= 15 is 0 Å². The zero-order valence-corrected chi connectivity index (χ0v) is 18.0. The lowest BCUT2D eigenvalue weighted by molar-refractivity contribution is -0.226. The molecule has 26 heavy (non-hydrogen) atoms. The van der Waals surface area contributed by atoms with Gasteiger partial charge in [0.1, 0.15) is 5.60 Å². The van der Waals surface area contributed by atoms with E-state index in [2.05, 4.69) is 27.7 Å². The molecule has 0 aliphatic heterocycles. The van der Waals surface area contributed by atoms with Crippen LogP contribution in [0.3, 0.4) is 0 Å². The number of rotatable bonds is 5. The SMILES string of the molecule is CCC1(OC(=O)C(C)(CC(C)(C)O)C(C)(C)C)C2CC3CC(C2)CC1C3. The molecular weight excluding hydrogens is 324 g/mol. The minimum atomic E-state index is -0.898. The van der Waals surface area contributed by atoms with Crippen molar-refractivity contribution in [1.29, 1.82) is 0 Å². The first-order valence-corrected chi connectivity index (χ1v) is 10.8. The molecule has 150 valence electrons. The molecule has 4 bridgehead atoms. The molecule has 0 aromatic rings. The smallest absolute Gasteiger partial charge is 0.313 e. The van der Waals surface area contributed by atoms with E-state index in [-0.39, 0.29) is 17.0 Å². The second-order valence-electron chi connectivity index (χ2n) is 11.6. The van der Waals surface area contributed by atoms with Crippen LogP contribution in [0, 0.1) is 34.5 Å². The standard InChI is InChI=1S/C23H40O3/c1-8-23(17-10-15-9-16(12-17)13-18(23)11-15)26-19(24)22(7,20(2,3)4)14-21(5,6)25/h15-18,25H,8-14H2,1-7H3. The molecule has 4 fully saturated rings. The fourth-order valence-corrected chi connectivity index (χ4v) is 6.59. The number of hydrogen-bond donors (Lipinski definition) is 1. The van der Waals surface area contributed by atoms with Crippen LogP contribution in [0.2, 0.25) is 0 Å². The van der Waals surface area contributed by atoms with Crippen molar-refractivity contribution in [2.75, 3.05) is 0 Å². The van der Waals surface area contributed by atoms with Gasteiger partial charge in [-0.05, 0) is 94.8 Å². The molecule has 1 atom stereocenters. The van der Waals surface area contributed by atoms with Crippen molar-refractivity contribution >= 4 is 5.97 Å². The van der Waals surface area contributed by atoms with E-state index in [4.69, 9.17) is 4.74 Å². The van der Waals surface area contributed by atoms with Gasteiger partial charge in [-0.2, -0.15) is 0 Å². The van der Waals surface area contributed by atoms with Crippen LogP contribution >= 0.6 is 0 Å². The lowest BCUT2D eigenvalue weighted by Crippen LogP contribution is -2.61. The maximum absolute atomic E-state index is 13.6. The van der Waals surface area contributed by atoms with Crippen molar-refractivity contribution in [2.45, 2.75) is 105 Å². The summed E-state index contributed by atoms with van der Waals surface area (Å²) in [4.78, 5) is 13.6. The number of esters is 1. The summed E-state index contributed by atoms with van der Waals surface area (Å²) in [5, 5.41) is 10.5. The highest BCUT2D eigenvalue weighted by Crippen LogP contribution is 2.61. The van der Waals surface area contributed by atoms with Gasteiger partial charge in [-0.1, -0.05) is 27.7 Å². The van der Waals surface area contributed by atoms with Gasteiger partial charge in [-0.3, -0.25) is 4.79 Å². The molecule has 0 aromatic heterocycles. The van der Waals surface area contributed by atoms with Crippen molar-refractivity contribution in [3.8, 4) is 0 Å². The zero-order valence-electron chi connectivity index (χ0n) is 18.0. The molecule has 0 heterocycles. The Morgan fingerprint density at radius 2 is 1.42 bits per heavy atom. The highest BCUT2D eigenvalue weighted by Gasteiger charge is 2.60. The molecule has 0 radical (unpaired) electrons. The van der Waals surface area contributed by atoms with E-state index in [0.717, 1.165) is 18.3 Å².